The van der Waals surface area contributed by atoms with E-state index >= 15 is 0 Å². The third-order valence-electron chi connectivity index (χ3n) is 4.04. The number of nitrogens with zero attached hydrogens (tertiary/aromatic N) is 1. The number of hydrogen-bond acceptors (Lipinski definition) is 7. The van der Waals surface area contributed by atoms with Crippen molar-refractivity contribution in [3.63, 3.8) is 0 Å². The van der Waals surface area contributed by atoms with Crippen molar-refractivity contribution in [1.29, 1.82) is 0 Å². The van der Waals surface area contributed by atoms with E-state index in [4.69, 9.17) is 9.47 Å². The van der Waals surface area contributed by atoms with E-state index in [2.05, 4.69) is 10.0 Å². The number of nitrogens with one attached hydrogen (secondary N) is 2. The van der Waals surface area contributed by atoms with Crippen molar-refractivity contribution in [3.8, 4) is 11.5 Å². The molecule has 0 bridgehead atoms. The molecule has 9 nitrogen and oxygen atoms in total. The predicted octanol–water partition coefficient (Wildman–Crippen LogP) is 2.95. The fourth-order valence-corrected chi connectivity index (χ4v) is 4.01. The molecule has 0 aliphatic rings. The smallest absolute Gasteiger partial charge is 0.293 e. The Bertz CT molecular complexity index is 976. The summed E-state index contributed by atoms with van der Waals surface area (Å²) in [7, 11) is -0.715. The lowest BCUT2D eigenvalue weighted by Crippen LogP contribution is -2.30. The number of methoxy groups -OCH3 is 2. The first kappa shape index (κ1) is 22.4. The number of sulfonamides is 1. The van der Waals surface area contributed by atoms with Gasteiger partial charge in [-0.15, -0.1) is 0 Å². The van der Waals surface area contributed by atoms with Gasteiger partial charge in [-0.25, -0.2) is 13.1 Å². The van der Waals surface area contributed by atoms with Crippen molar-refractivity contribution in [3.05, 3.63) is 52.1 Å². The van der Waals surface area contributed by atoms with Crippen LogP contribution >= 0.6 is 0 Å². The third kappa shape index (κ3) is 5.81. The Morgan fingerprint density at radius 1 is 1.07 bits per heavy atom. The van der Waals surface area contributed by atoms with Crippen LogP contribution in [0, 0.1) is 10.1 Å². The Labute approximate surface area is 170 Å². The number of nitro benzene ring substituents is 1. The molecule has 158 valence electrons. The molecule has 0 fully saturated rings. The molecule has 0 aromatic heterocycles. The van der Waals surface area contributed by atoms with Crippen LogP contribution in [-0.4, -0.2) is 40.1 Å². The number of nitro groups is 1. The van der Waals surface area contributed by atoms with Crippen LogP contribution in [0.15, 0.2) is 41.3 Å². The summed E-state index contributed by atoms with van der Waals surface area (Å²) >= 11 is 0. The average molecular weight is 423 g/mol. The van der Waals surface area contributed by atoms with Crippen LogP contribution in [0.3, 0.4) is 0 Å². The van der Waals surface area contributed by atoms with Gasteiger partial charge in [0, 0.05) is 18.7 Å². The monoisotopic (exact) mass is 423 g/mol. The predicted molar refractivity (Wildman–Crippen MR) is 110 cm³/mol. The van der Waals surface area contributed by atoms with Gasteiger partial charge in [-0.05, 0) is 50.1 Å². The second-order valence-corrected chi connectivity index (χ2v) is 8.29. The van der Waals surface area contributed by atoms with Gasteiger partial charge >= 0.3 is 0 Å². The quantitative estimate of drug-likeness (QED) is 0.445. The number of ether oxygens (including phenoxy) is 2. The molecule has 0 heterocycles. The van der Waals surface area contributed by atoms with Crippen LogP contribution < -0.4 is 19.5 Å². The highest BCUT2D eigenvalue weighted by Gasteiger charge is 2.22. The molecule has 10 heteroatoms. The standard InChI is InChI=1S/C19H25N3O6S/c1-13(2)21-29(25,26)15-6-7-16(17(12-15)22(23)24)20-10-9-14-5-8-18(27-3)19(11-14)28-4/h5-8,11-13,20-21H,9-10H2,1-4H3. The van der Waals surface area contributed by atoms with Gasteiger partial charge in [0.05, 0.1) is 24.0 Å². The summed E-state index contributed by atoms with van der Waals surface area (Å²) in [6.07, 6.45) is 0.576. The summed E-state index contributed by atoms with van der Waals surface area (Å²) in [5.41, 5.74) is 0.904. The Morgan fingerprint density at radius 3 is 2.34 bits per heavy atom. The summed E-state index contributed by atoms with van der Waals surface area (Å²) < 4.78 is 37.4. The van der Waals surface area contributed by atoms with Crippen LogP contribution in [0.2, 0.25) is 0 Å². The highest BCUT2D eigenvalue weighted by Crippen LogP contribution is 2.29. The lowest BCUT2D eigenvalue weighted by molar-refractivity contribution is -0.384. The van der Waals surface area contributed by atoms with Gasteiger partial charge in [-0.2, -0.15) is 0 Å². The number of anilines is 1. The summed E-state index contributed by atoms with van der Waals surface area (Å²) in [4.78, 5) is 10.7. The van der Waals surface area contributed by atoms with Crippen molar-refractivity contribution in [2.24, 2.45) is 0 Å². The molecule has 0 spiro atoms. The number of hydrogen-bond donors (Lipinski definition) is 2. The molecule has 0 saturated carbocycles. The zero-order valence-corrected chi connectivity index (χ0v) is 17.6. The maximum atomic E-state index is 12.3. The Kier molecular flexibility index (Phi) is 7.40. The number of benzene rings is 2. The van der Waals surface area contributed by atoms with Gasteiger partial charge in [-0.3, -0.25) is 10.1 Å². The molecular weight excluding hydrogens is 398 g/mol. The fraction of sp³-hybridized carbons (Fsp3) is 0.368. The van der Waals surface area contributed by atoms with E-state index in [-0.39, 0.29) is 22.3 Å². The lowest BCUT2D eigenvalue weighted by atomic mass is 10.1. The second-order valence-electron chi connectivity index (χ2n) is 6.58. The van der Waals surface area contributed by atoms with Crippen molar-refractivity contribution < 1.29 is 22.8 Å². The molecule has 0 amide bonds. The van der Waals surface area contributed by atoms with Crippen molar-refractivity contribution in [1.82, 2.24) is 4.72 Å². The molecule has 29 heavy (non-hydrogen) atoms. The SMILES string of the molecule is COc1ccc(CCNc2ccc(S(=O)(=O)NC(C)C)cc2[N+](=O)[O-])cc1OC. The third-order valence-corrected chi connectivity index (χ3v) is 5.70. The summed E-state index contributed by atoms with van der Waals surface area (Å²) in [5.74, 6) is 1.22. The largest absolute Gasteiger partial charge is 0.493 e. The highest BCUT2D eigenvalue weighted by molar-refractivity contribution is 7.89. The topological polar surface area (TPSA) is 120 Å². The fourth-order valence-electron chi connectivity index (χ4n) is 2.74. The van der Waals surface area contributed by atoms with Gasteiger partial charge in [0.25, 0.3) is 5.69 Å². The Hall–Kier alpha value is -2.85. The molecule has 0 saturated heterocycles. The maximum Gasteiger partial charge on any atom is 0.293 e. The van der Waals surface area contributed by atoms with Crippen molar-refractivity contribution in [2.45, 2.75) is 31.2 Å². The van der Waals surface area contributed by atoms with E-state index in [0.717, 1.165) is 11.6 Å². The van der Waals surface area contributed by atoms with E-state index < -0.39 is 14.9 Å². The van der Waals surface area contributed by atoms with Crippen LogP contribution in [-0.2, 0) is 16.4 Å². The van der Waals surface area contributed by atoms with Gasteiger partial charge in [0.15, 0.2) is 11.5 Å². The van der Waals surface area contributed by atoms with E-state index in [9.17, 15) is 18.5 Å². The van der Waals surface area contributed by atoms with Crippen LogP contribution in [0.1, 0.15) is 19.4 Å². The molecule has 0 aliphatic heterocycles. The van der Waals surface area contributed by atoms with Gasteiger partial charge in [0.1, 0.15) is 5.69 Å². The van der Waals surface area contributed by atoms with E-state index in [0.29, 0.717) is 24.5 Å². The molecule has 0 radical (unpaired) electrons. The molecule has 2 aromatic carbocycles. The van der Waals surface area contributed by atoms with E-state index in [1.165, 1.54) is 12.1 Å². The van der Waals surface area contributed by atoms with Crippen LogP contribution in [0.4, 0.5) is 11.4 Å². The Balaban J connectivity index is 2.16. The average Bonchev–Trinajstić information content (AvgIpc) is 2.66. The first-order valence-electron chi connectivity index (χ1n) is 8.93. The summed E-state index contributed by atoms with van der Waals surface area (Å²) in [5, 5.41) is 14.4. The van der Waals surface area contributed by atoms with E-state index in [1.54, 1.807) is 34.1 Å². The zero-order valence-electron chi connectivity index (χ0n) is 16.8. The van der Waals surface area contributed by atoms with E-state index in [1.807, 2.05) is 12.1 Å². The first-order valence-corrected chi connectivity index (χ1v) is 10.4. The molecular formula is C19H25N3O6S. The normalized spacial score (nSPS) is 11.3. The minimum absolute atomic E-state index is 0.150. The van der Waals surface area contributed by atoms with Gasteiger partial charge in [0.2, 0.25) is 10.0 Å². The minimum Gasteiger partial charge on any atom is -0.493 e. The summed E-state index contributed by atoms with van der Waals surface area (Å²) in [6.45, 7) is 3.76. The first-order chi connectivity index (χ1) is 13.7. The summed E-state index contributed by atoms with van der Waals surface area (Å²) in [6, 6.07) is 8.99. The molecule has 0 unspecified atom stereocenters. The molecule has 2 aromatic rings. The highest BCUT2D eigenvalue weighted by atomic mass is 32.2. The number of rotatable bonds is 10. The lowest BCUT2D eigenvalue weighted by Gasteiger charge is -2.12. The molecule has 0 aliphatic carbocycles. The zero-order chi connectivity index (χ0) is 21.6. The van der Waals surface area contributed by atoms with Crippen molar-refractivity contribution in [2.75, 3.05) is 26.1 Å². The second kappa shape index (κ2) is 9.57. The maximum absolute atomic E-state index is 12.3. The Morgan fingerprint density at radius 2 is 1.76 bits per heavy atom. The molecule has 0 atom stereocenters. The van der Waals surface area contributed by atoms with Crippen LogP contribution in [0.25, 0.3) is 0 Å². The van der Waals surface area contributed by atoms with Crippen molar-refractivity contribution >= 4 is 21.4 Å². The minimum atomic E-state index is -3.82. The van der Waals surface area contributed by atoms with Gasteiger partial charge < -0.3 is 14.8 Å². The molecule has 2 rings (SSSR count). The van der Waals surface area contributed by atoms with Crippen LogP contribution in [0.5, 0.6) is 11.5 Å². The van der Waals surface area contributed by atoms with Gasteiger partial charge in [-0.1, -0.05) is 6.07 Å². The molecule has 2 N–H and O–H groups in total.